The van der Waals surface area contributed by atoms with Crippen LogP contribution in [0.2, 0.25) is 0 Å². The maximum absolute atomic E-state index is 13.0. The lowest BCUT2D eigenvalue weighted by molar-refractivity contribution is -0.114. The smallest absolute Gasteiger partial charge is 0.243 e. The van der Waals surface area contributed by atoms with E-state index in [1.165, 1.54) is 19.3 Å². The van der Waals surface area contributed by atoms with Crippen LogP contribution in [0.15, 0.2) is 47.4 Å². The Labute approximate surface area is 197 Å². The highest BCUT2D eigenvalue weighted by Gasteiger charge is 2.26. The van der Waals surface area contributed by atoms with Crippen LogP contribution in [0.1, 0.15) is 44.1 Å². The largest absolute Gasteiger partial charge is 0.374 e. The lowest BCUT2D eigenvalue weighted by Crippen LogP contribution is -2.35. The third-order valence-corrected chi connectivity index (χ3v) is 8.37. The minimum absolute atomic E-state index is 0.105. The number of piperidine rings is 2. The molecule has 2 aromatic rings. The van der Waals surface area contributed by atoms with Crippen molar-refractivity contribution in [2.45, 2.75) is 50.3 Å². The fraction of sp³-hybridized carbons (Fsp3) is 0.480. The summed E-state index contributed by atoms with van der Waals surface area (Å²) in [4.78, 5) is 15.3. The molecule has 1 amide bonds. The number of anilines is 3. The van der Waals surface area contributed by atoms with E-state index in [1.54, 1.807) is 22.5 Å². The molecule has 33 heavy (non-hydrogen) atoms. The lowest BCUT2D eigenvalue weighted by atomic mass is 10.1. The molecule has 4 rings (SSSR count). The first kappa shape index (κ1) is 23.6. The van der Waals surface area contributed by atoms with Crippen LogP contribution in [0.4, 0.5) is 17.1 Å². The Bertz CT molecular complexity index is 1070. The van der Waals surface area contributed by atoms with Crippen LogP contribution in [-0.2, 0) is 14.8 Å². The number of nitrogens with one attached hydrogen (secondary N) is 2. The highest BCUT2D eigenvalue weighted by atomic mass is 32.2. The van der Waals surface area contributed by atoms with Crippen molar-refractivity contribution in [1.82, 2.24) is 4.31 Å². The average molecular weight is 471 g/mol. The zero-order chi connectivity index (χ0) is 23.3. The van der Waals surface area contributed by atoms with Gasteiger partial charge >= 0.3 is 0 Å². The third-order valence-electron chi connectivity index (χ3n) is 6.48. The molecule has 0 radical (unpaired) electrons. The van der Waals surface area contributed by atoms with Crippen LogP contribution < -0.4 is 15.5 Å². The number of carbonyl (C=O) groups excluding carboxylic acids is 1. The second kappa shape index (κ2) is 10.6. The predicted octanol–water partition coefficient (Wildman–Crippen LogP) is 4.21. The number of amides is 1. The van der Waals surface area contributed by atoms with Gasteiger partial charge in [0.2, 0.25) is 15.9 Å². The Morgan fingerprint density at radius 1 is 0.879 bits per heavy atom. The monoisotopic (exact) mass is 470 g/mol. The van der Waals surface area contributed by atoms with Crippen LogP contribution in [0.25, 0.3) is 0 Å². The molecule has 2 N–H and O–H groups in total. The summed E-state index contributed by atoms with van der Waals surface area (Å²) in [6.07, 6.45) is 6.48. The Morgan fingerprint density at radius 3 is 2.27 bits per heavy atom. The molecule has 2 fully saturated rings. The van der Waals surface area contributed by atoms with Gasteiger partial charge < -0.3 is 15.5 Å². The molecule has 0 saturated carbocycles. The van der Waals surface area contributed by atoms with Gasteiger partial charge in [-0.3, -0.25) is 4.79 Å². The topological polar surface area (TPSA) is 81.8 Å². The number of para-hydroxylation sites is 2. The quantitative estimate of drug-likeness (QED) is 0.634. The van der Waals surface area contributed by atoms with Crippen molar-refractivity contribution in [3.8, 4) is 0 Å². The SMILES string of the molecule is Cc1ccc(S(=O)(=O)N2CCCCC2)cc1NC(=O)CNc1ccccc1N1CCCCC1. The molecule has 0 bridgehead atoms. The van der Waals surface area contributed by atoms with E-state index in [1.807, 2.05) is 25.1 Å². The van der Waals surface area contributed by atoms with E-state index in [2.05, 4.69) is 21.6 Å². The Kier molecular flexibility index (Phi) is 7.55. The molecule has 8 heteroatoms. The number of rotatable bonds is 7. The molecule has 0 aromatic heterocycles. The second-order valence-corrected chi connectivity index (χ2v) is 10.8. The summed E-state index contributed by atoms with van der Waals surface area (Å²) < 4.78 is 27.6. The maximum atomic E-state index is 13.0. The number of sulfonamides is 1. The van der Waals surface area contributed by atoms with Gasteiger partial charge in [0, 0.05) is 31.9 Å². The summed E-state index contributed by atoms with van der Waals surface area (Å²) in [5.41, 5.74) is 3.42. The van der Waals surface area contributed by atoms with Crippen LogP contribution >= 0.6 is 0 Å². The predicted molar refractivity (Wildman–Crippen MR) is 133 cm³/mol. The van der Waals surface area contributed by atoms with Crippen molar-refractivity contribution in [2.75, 3.05) is 48.3 Å². The number of carbonyl (C=O) groups is 1. The summed E-state index contributed by atoms with van der Waals surface area (Å²) >= 11 is 0. The molecule has 2 aliphatic heterocycles. The van der Waals surface area contributed by atoms with E-state index in [9.17, 15) is 13.2 Å². The molecule has 2 heterocycles. The summed E-state index contributed by atoms with van der Waals surface area (Å²) in [5, 5.41) is 6.16. The zero-order valence-corrected chi connectivity index (χ0v) is 20.2. The maximum Gasteiger partial charge on any atom is 0.243 e. The van der Waals surface area contributed by atoms with E-state index >= 15 is 0 Å². The molecule has 2 saturated heterocycles. The van der Waals surface area contributed by atoms with Gasteiger partial charge in [0.05, 0.1) is 22.8 Å². The van der Waals surface area contributed by atoms with Crippen LogP contribution in [0, 0.1) is 6.92 Å². The fourth-order valence-electron chi connectivity index (χ4n) is 4.55. The summed E-state index contributed by atoms with van der Waals surface area (Å²) in [6, 6.07) is 13.0. The normalized spacial score (nSPS) is 17.5. The lowest BCUT2D eigenvalue weighted by Gasteiger charge is -2.30. The molecule has 2 aliphatic rings. The third kappa shape index (κ3) is 5.68. The van der Waals surface area contributed by atoms with Crippen LogP contribution in [0.5, 0.6) is 0 Å². The fourth-order valence-corrected chi connectivity index (χ4v) is 6.10. The molecule has 7 nitrogen and oxygen atoms in total. The van der Waals surface area contributed by atoms with E-state index < -0.39 is 10.0 Å². The zero-order valence-electron chi connectivity index (χ0n) is 19.3. The molecule has 0 aliphatic carbocycles. The minimum Gasteiger partial charge on any atom is -0.374 e. The molecule has 178 valence electrons. The first-order valence-corrected chi connectivity index (χ1v) is 13.4. The van der Waals surface area contributed by atoms with Gasteiger partial charge in [-0.25, -0.2) is 8.42 Å². The van der Waals surface area contributed by atoms with Gasteiger partial charge in [-0.2, -0.15) is 4.31 Å². The van der Waals surface area contributed by atoms with Gasteiger partial charge in [-0.1, -0.05) is 24.6 Å². The highest BCUT2D eigenvalue weighted by Crippen LogP contribution is 2.28. The number of hydrogen-bond acceptors (Lipinski definition) is 5. The standard InChI is InChI=1S/C25H34N4O3S/c1-20-12-13-21(33(31,32)29-16-8-3-9-17-29)18-23(20)27-25(30)19-26-22-10-4-5-11-24(22)28-14-6-2-7-15-28/h4-5,10-13,18,26H,2-3,6-9,14-17,19H2,1H3,(H,27,30). The Balaban J connectivity index is 1.43. The van der Waals surface area contributed by atoms with Crippen molar-refractivity contribution in [2.24, 2.45) is 0 Å². The number of hydrogen-bond donors (Lipinski definition) is 2. The second-order valence-electron chi connectivity index (χ2n) is 8.91. The van der Waals surface area contributed by atoms with Crippen molar-refractivity contribution >= 4 is 33.0 Å². The number of benzene rings is 2. The molecular formula is C25H34N4O3S. The summed E-state index contributed by atoms with van der Waals surface area (Å²) in [7, 11) is -3.55. The molecule has 0 atom stereocenters. The van der Waals surface area contributed by atoms with E-state index in [0.717, 1.165) is 49.3 Å². The Morgan fingerprint density at radius 2 is 1.55 bits per heavy atom. The van der Waals surface area contributed by atoms with Crippen molar-refractivity contribution in [3.63, 3.8) is 0 Å². The van der Waals surface area contributed by atoms with E-state index in [0.29, 0.717) is 18.8 Å². The molecule has 0 unspecified atom stereocenters. The van der Waals surface area contributed by atoms with Crippen molar-refractivity contribution in [3.05, 3.63) is 48.0 Å². The molecule has 0 spiro atoms. The molecule has 2 aromatic carbocycles. The molecular weight excluding hydrogens is 436 g/mol. The van der Waals surface area contributed by atoms with Gasteiger partial charge in [0.15, 0.2) is 0 Å². The van der Waals surface area contributed by atoms with Gasteiger partial charge in [-0.05, 0) is 68.9 Å². The van der Waals surface area contributed by atoms with Gasteiger partial charge in [-0.15, -0.1) is 0 Å². The van der Waals surface area contributed by atoms with Crippen LogP contribution in [-0.4, -0.2) is 51.4 Å². The minimum atomic E-state index is -3.55. The van der Waals surface area contributed by atoms with E-state index in [4.69, 9.17) is 0 Å². The van der Waals surface area contributed by atoms with Crippen molar-refractivity contribution < 1.29 is 13.2 Å². The van der Waals surface area contributed by atoms with Crippen molar-refractivity contribution in [1.29, 1.82) is 0 Å². The van der Waals surface area contributed by atoms with E-state index in [-0.39, 0.29) is 17.3 Å². The first-order chi connectivity index (χ1) is 15.9. The van der Waals surface area contributed by atoms with Gasteiger partial charge in [0.25, 0.3) is 0 Å². The average Bonchev–Trinajstić information content (AvgIpc) is 2.85. The summed E-state index contributed by atoms with van der Waals surface area (Å²) in [6.45, 7) is 5.14. The van der Waals surface area contributed by atoms with Crippen LogP contribution in [0.3, 0.4) is 0 Å². The number of aryl methyl sites for hydroxylation is 1. The summed E-state index contributed by atoms with van der Waals surface area (Å²) in [5.74, 6) is -0.209. The highest BCUT2D eigenvalue weighted by molar-refractivity contribution is 7.89. The van der Waals surface area contributed by atoms with Gasteiger partial charge in [0.1, 0.15) is 0 Å². The Hall–Kier alpha value is -2.58. The first-order valence-electron chi connectivity index (χ1n) is 11.9. The number of nitrogens with zero attached hydrogens (tertiary/aromatic N) is 2.